The van der Waals surface area contributed by atoms with Gasteiger partial charge in [0.25, 0.3) is 0 Å². The molecule has 2 fully saturated rings. The molecule has 0 bridgehead atoms. The molecule has 2 aliphatic rings. The van der Waals surface area contributed by atoms with E-state index in [1.54, 1.807) is 12.4 Å². The summed E-state index contributed by atoms with van der Waals surface area (Å²) in [5.41, 5.74) is 0. The highest BCUT2D eigenvalue weighted by atomic mass is 16.5. The first kappa shape index (κ1) is 11.9. The van der Waals surface area contributed by atoms with Gasteiger partial charge in [-0.05, 0) is 12.8 Å². The molecule has 0 N–H and O–H groups in total. The van der Waals surface area contributed by atoms with Gasteiger partial charge in [0.15, 0.2) is 0 Å². The lowest BCUT2D eigenvalue weighted by molar-refractivity contribution is 0.0137. The third-order valence-electron chi connectivity index (χ3n) is 3.83. The fourth-order valence-electron chi connectivity index (χ4n) is 2.86. The van der Waals surface area contributed by atoms with Crippen LogP contribution in [0.4, 0.5) is 5.82 Å². The summed E-state index contributed by atoms with van der Waals surface area (Å²) in [4.78, 5) is 13.5. The Morgan fingerprint density at radius 1 is 1.17 bits per heavy atom. The lowest BCUT2D eigenvalue weighted by atomic mass is 10.0. The van der Waals surface area contributed by atoms with Gasteiger partial charge in [-0.1, -0.05) is 0 Å². The fraction of sp³-hybridized carbons (Fsp3) is 0.692. The van der Waals surface area contributed by atoms with Gasteiger partial charge in [-0.25, -0.2) is 4.98 Å². The summed E-state index contributed by atoms with van der Waals surface area (Å²) in [6.45, 7) is 6.06. The molecule has 2 aliphatic heterocycles. The van der Waals surface area contributed by atoms with Crippen molar-refractivity contribution in [3.8, 4) is 0 Å². The molecule has 1 unspecified atom stereocenters. The third kappa shape index (κ3) is 2.62. The van der Waals surface area contributed by atoms with Crippen molar-refractivity contribution in [1.82, 2.24) is 14.9 Å². The third-order valence-corrected chi connectivity index (χ3v) is 3.83. The molecule has 0 saturated carbocycles. The topological polar surface area (TPSA) is 41.5 Å². The lowest BCUT2D eigenvalue weighted by Crippen LogP contribution is -2.51. The van der Waals surface area contributed by atoms with Crippen LogP contribution in [0, 0.1) is 0 Å². The molecule has 1 atom stereocenters. The Bertz CT molecular complexity index is 367. The summed E-state index contributed by atoms with van der Waals surface area (Å²) in [5.74, 6) is 1.01. The molecule has 0 radical (unpaired) electrons. The summed E-state index contributed by atoms with van der Waals surface area (Å²) >= 11 is 0. The summed E-state index contributed by atoms with van der Waals surface area (Å²) in [6, 6.07) is 0.643. The number of rotatable bonds is 2. The van der Waals surface area contributed by atoms with E-state index >= 15 is 0 Å². The molecule has 1 aromatic heterocycles. The second-order valence-electron chi connectivity index (χ2n) is 4.95. The van der Waals surface area contributed by atoms with Gasteiger partial charge >= 0.3 is 0 Å². The van der Waals surface area contributed by atoms with Crippen molar-refractivity contribution < 1.29 is 4.74 Å². The normalized spacial score (nSPS) is 26.2. The summed E-state index contributed by atoms with van der Waals surface area (Å²) in [6.07, 6.45) is 7.89. The molecule has 0 aromatic carbocycles. The number of morpholine rings is 1. The Labute approximate surface area is 108 Å². The molecule has 0 aliphatic carbocycles. The average Bonchev–Trinajstić information content (AvgIpc) is 2.49. The zero-order chi connectivity index (χ0) is 12.2. The highest BCUT2D eigenvalue weighted by Crippen LogP contribution is 2.20. The summed E-state index contributed by atoms with van der Waals surface area (Å²) in [7, 11) is 0. The van der Waals surface area contributed by atoms with E-state index in [9.17, 15) is 0 Å². The van der Waals surface area contributed by atoms with Crippen LogP contribution in [0.3, 0.4) is 0 Å². The highest BCUT2D eigenvalue weighted by Gasteiger charge is 2.26. The Morgan fingerprint density at radius 2 is 2.06 bits per heavy atom. The van der Waals surface area contributed by atoms with E-state index in [2.05, 4.69) is 19.8 Å². The van der Waals surface area contributed by atoms with Crippen LogP contribution >= 0.6 is 0 Å². The van der Waals surface area contributed by atoms with Crippen molar-refractivity contribution in [3.05, 3.63) is 18.6 Å². The molecule has 18 heavy (non-hydrogen) atoms. The van der Waals surface area contributed by atoms with Crippen molar-refractivity contribution in [1.29, 1.82) is 0 Å². The van der Waals surface area contributed by atoms with E-state index in [0.717, 1.165) is 45.2 Å². The van der Waals surface area contributed by atoms with Gasteiger partial charge in [0, 0.05) is 44.6 Å². The number of hydrogen-bond acceptors (Lipinski definition) is 5. The van der Waals surface area contributed by atoms with Crippen LogP contribution in [0.5, 0.6) is 0 Å². The minimum absolute atomic E-state index is 0.643. The Kier molecular flexibility index (Phi) is 3.71. The van der Waals surface area contributed by atoms with Crippen LogP contribution in [-0.2, 0) is 4.74 Å². The first-order chi connectivity index (χ1) is 8.93. The van der Waals surface area contributed by atoms with E-state index < -0.39 is 0 Å². The van der Waals surface area contributed by atoms with Gasteiger partial charge in [0.05, 0.1) is 19.4 Å². The van der Waals surface area contributed by atoms with Crippen molar-refractivity contribution in [2.75, 3.05) is 44.3 Å². The van der Waals surface area contributed by atoms with E-state index in [1.165, 1.54) is 12.8 Å². The average molecular weight is 248 g/mol. The molecule has 3 rings (SSSR count). The zero-order valence-corrected chi connectivity index (χ0v) is 10.7. The zero-order valence-electron chi connectivity index (χ0n) is 10.7. The van der Waals surface area contributed by atoms with Crippen molar-refractivity contribution >= 4 is 5.82 Å². The van der Waals surface area contributed by atoms with Crippen LogP contribution in [0.2, 0.25) is 0 Å². The monoisotopic (exact) mass is 248 g/mol. The molecule has 2 saturated heterocycles. The first-order valence-corrected chi connectivity index (χ1v) is 6.76. The number of piperidine rings is 1. The van der Waals surface area contributed by atoms with Gasteiger partial charge < -0.3 is 9.64 Å². The molecule has 0 amide bonds. The standard InChI is InChI=1S/C13H20N4O/c1-2-12(16-6-8-18-9-7-16)11-17(5-1)13-10-14-3-4-15-13/h3-4,10,12H,1-2,5-9,11H2. The van der Waals surface area contributed by atoms with E-state index in [4.69, 9.17) is 4.74 Å². The predicted molar refractivity (Wildman–Crippen MR) is 69.7 cm³/mol. The van der Waals surface area contributed by atoms with Crippen molar-refractivity contribution in [2.24, 2.45) is 0 Å². The molecule has 0 spiro atoms. The number of ether oxygens (including phenoxy) is 1. The molecular formula is C13H20N4O. The molecule has 5 nitrogen and oxygen atoms in total. The van der Waals surface area contributed by atoms with Crippen LogP contribution in [-0.4, -0.2) is 60.3 Å². The minimum atomic E-state index is 0.643. The Balaban J connectivity index is 1.64. The van der Waals surface area contributed by atoms with Gasteiger partial charge in [-0.3, -0.25) is 9.88 Å². The number of aromatic nitrogens is 2. The molecule has 98 valence electrons. The van der Waals surface area contributed by atoms with Gasteiger partial charge in [-0.2, -0.15) is 0 Å². The van der Waals surface area contributed by atoms with E-state index in [-0.39, 0.29) is 0 Å². The number of hydrogen-bond donors (Lipinski definition) is 0. The molecule has 5 heteroatoms. The molecular weight excluding hydrogens is 228 g/mol. The predicted octanol–water partition coefficient (Wildman–Crippen LogP) is 0.778. The maximum absolute atomic E-state index is 5.42. The first-order valence-electron chi connectivity index (χ1n) is 6.76. The SMILES string of the molecule is c1cnc(N2CCCC(N3CCOCC3)C2)cn1. The maximum Gasteiger partial charge on any atom is 0.147 e. The van der Waals surface area contributed by atoms with Crippen LogP contribution in [0.1, 0.15) is 12.8 Å². The molecule has 1 aromatic rings. The van der Waals surface area contributed by atoms with Gasteiger partial charge in [0.2, 0.25) is 0 Å². The van der Waals surface area contributed by atoms with Crippen LogP contribution < -0.4 is 4.90 Å². The second kappa shape index (κ2) is 5.63. The smallest absolute Gasteiger partial charge is 0.147 e. The van der Waals surface area contributed by atoms with Crippen LogP contribution in [0.15, 0.2) is 18.6 Å². The van der Waals surface area contributed by atoms with Gasteiger partial charge in [0.1, 0.15) is 5.82 Å². The van der Waals surface area contributed by atoms with E-state index in [0.29, 0.717) is 6.04 Å². The maximum atomic E-state index is 5.42. The fourth-order valence-corrected chi connectivity index (χ4v) is 2.86. The summed E-state index contributed by atoms with van der Waals surface area (Å²) < 4.78 is 5.42. The quantitative estimate of drug-likeness (QED) is 0.773. The van der Waals surface area contributed by atoms with Crippen molar-refractivity contribution in [2.45, 2.75) is 18.9 Å². The highest BCUT2D eigenvalue weighted by molar-refractivity contribution is 5.35. The second-order valence-corrected chi connectivity index (χ2v) is 4.95. The van der Waals surface area contributed by atoms with E-state index in [1.807, 2.05) is 6.20 Å². The minimum Gasteiger partial charge on any atom is -0.379 e. The Hall–Kier alpha value is -1.20. The molecule has 3 heterocycles. The van der Waals surface area contributed by atoms with Crippen molar-refractivity contribution in [3.63, 3.8) is 0 Å². The summed E-state index contributed by atoms with van der Waals surface area (Å²) in [5, 5.41) is 0. The van der Waals surface area contributed by atoms with Gasteiger partial charge in [-0.15, -0.1) is 0 Å². The lowest BCUT2D eigenvalue weighted by Gasteiger charge is -2.41. The largest absolute Gasteiger partial charge is 0.379 e. The Morgan fingerprint density at radius 3 is 2.83 bits per heavy atom. The number of anilines is 1. The van der Waals surface area contributed by atoms with Crippen LogP contribution in [0.25, 0.3) is 0 Å². The number of nitrogens with zero attached hydrogens (tertiary/aromatic N) is 4.